The van der Waals surface area contributed by atoms with Crippen molar-refractivity contribution in [3.05, 3.63) is 234 Å². The van der Waals surface area contributed by atoms with E-state index < -0.39 is 0 Å². The molecule has 0 radical (unpaired) electrons. The summed E-state index contributed by atoms with van der Waals surface area (Å²) in [6, 6.07) is 70.3. The highest BCUT2D eigenvalue weighted by Crippen LogP contribution is 2.48. The van der Waals surface area contributed by atoms with Crippen LogP contribution >= 0.6 is 0 Å². The van der Waals surface area contributed by atoms with Gasteiger partial charge in [0.1, 0.15) is 22.3 Å². The van der Waals surface area contributed by atoms with Crippen LogP contribution < -0.4 is 0 Å². The van der Waals surface area contributed by atoms with Gasteiger partial charge < -0.3 is 8.83 Å². The molecular formula is C64H44N2O2. The zero-order chi connectivity index (χ0) is 44.9. The minimum atomic E-state index is 0.0594. The van der Waals surface area contributed by atoms with Gasteiger partial charge in [0.2, 0.25) is 0 Å². The van der Waals surface area contributed by atoms with Crippen LogP contribution in [0.1, 0.15) is 59.1 Å². The van der Waals surface area contributed by atoms with E-state index >= 15 is 0 Å². The summed E-state index contributed by atoms with van der Waals surface area (Å²) in [5, 5.41) is 11.7. The summed E-state index contributed by atoms with van der Waals surface area (Å²) in [4.78, 5) is 11.3. The Bertz CT molecular complexity index is 4160. The van der Waals surface area contributed by atoms with E-state index in [0.717, 1.165) is 91.2 Å². The zero-order valence-electron chi connectivity index (χ0n) is 37.5. The molecule has 322 valence electrons. The Morgan fingerprint density at radius 1 is 0.456 bits per heavy atom. The van der Waals surface area contributed by atoms with Crippen molar-refractivity contribution in [3.8, 4) is 11.1 Å². The molecule has 68 heavy (non-hydrogen) atoms. The minimum Gasteiger partial charge on any atom is -0.456 e. The fourth-order valence-electron chi connectivity index (χ4n) is 11.3. The molecule has 2 aromatic heterocycles. The Kier molecular flexibility index (Phi) is 8.79. The fraction of sp³-hybridized carbons (Fsp3) is 0.0938. The van der Waals surface area contributed by atoms with E-state index in [2.05, 4.69) is 195 Å². The average Bonchev–Trinajstić information content (AvgIpc) is 3.92. The van der Waals surface area contributed by atoms with E-state index in [-0.39, 0.29) is 11.8 Å². The van der Waals surface area contributed by atoms with Gasteiger partial charge in [-0.25, -0.2) is 9.98 Å². The molecule has 0 saturated carbocycles. The second-order valence-corrected chi connectivity index (χ2v) is 18.8. The maximum atomic E-state index is 7.15. The van der Waals surface area contributed by atoms with Crippen LogP contribution in [0.3, 0.4) is 0 Å². The summed E-state index contributed by atoms with van der Waals surface area (Å²) in [5.41, 5.74) is 14.9. The number of fused-ring (bicyclic) bond motifs is 12. The van der Waals surface area contributed by atoms with Gasteiger partial charge in [0.05, 0.1) is 11.4 Å². The lowest BCUT2D eigenvalue weighted by molar-refractivity contribution is 0.647. The third-order valence-corrected chi connectivity index (χ3v) is 14.7. The summed E-state index contributed by atoms with van der Waals surface area (Å²) in [5.74, 6) is 0.812. The summed E-state index contributed by atoms with van der Waals surface area (Å²) in [7, 11) is 0. The van der Waals surface area contributed by atoms with Gasteiger partial charge in [-0.2, -0.15) is 0 Å². The Morgan fingerprint density at radius 2 is 1.09 bits per heavy atom. The van der Waals surface area contributed by atoms with Gasteiger partial charge in [-0.05, 0) is 134 Å². The van der Waals surface area contributed by atoms with Crippen molar-refractivity contribution in [2.24, 2.45) is 15.9 Å². The molecule has 1 aliphatic carbocycles. The molecule has 4 heteroatoms. The minimum absolute atomic E-state index is 0.0594. The molecular weight excluding hydrogens is 829 g/mol. The van der Waals surface area contributed by atoms with Crippen molar-refractivity contribution in [3.63, 3.8) is 0 Å². The Labute approximate surface area is 393 Å². The van der Waals surface area contributed by atoms with E-state index in [0.29, 0.717) is 5.84 Å². The third kappa shape index (κ3) is 6.28. The number of rotatable bonds is 4. The third-order valence-electron chi connectivity index (χ3n) is 14.7. The molecule has 3 heterocycles. The highest BCUT2D eigenvalue weighted by molar-refractivity contribution is 6.23. The lowest BCUT2D eigenvalue weighted by Gasteiger charge is -2.21. The molecule has 2 aliphatic rings. The molecule has 10 aromatic carbocycles. The van der Waals surface area contributed by atoms with E-state index in [1.807, 2.05) is 12.1 Å². The molecule has 0 bridgehead atoms. The number of benzene rings is 10. The van der Waals surface area contributed by atoms with Crippen LogP contribution in [0.15, 0.2) is 219 Å². The quantitative estimate of drug-likeness (QED) is 0.177. The van der Waals surface area contributed by atoms with Crippen molar-refractivity contribution >= 4 is 93.4 Å². The van der Waals surface area contributed by atoms with Crippen molar-refractivity contribution in [1.82, 2.24) is 0 Å². The fourth-order valence-corrected chi connectivity index (χ4v) is 11.3. The number of allylic oxidation sites excluding steroid dienone is 1. The van der Waals surface area contributed by atoms with Gasteiger partial charge in [-0.3, -0.25) is 0 Å². The van der Waals surface area contributed by atoms with Crippen molar-refractivity contribution < 1.29 is 8.83 Å². The maximum absolute atomic E-state index is 7.15. The first-order valence-electron chi connectivity index (χ1n) is 23.9. The van der Waals surface area contributed by atoms with Crippen molar-refractivity contribution in [2.45, 2.75) is 32.1 Å². The van der Waals surface area contributed by atoms with Crippen molar-refractivity contribution in [1.29, 1.82) is 0 Å². The van der Waals surface area contributed by atoms with Crippen LogP contribution in [0.4, 0.5) is 0 Å². The van der Waals surface area contributed by atoms with Gasteiger partial charge in [-0.1, -0.05) is 153 Å². The number of nitrogens with zero attached hydrogens (tertiary/aromatic N) is 2. The first kappa shape index (κ1) is 38.9. The number of para-hydroxylation sites is 2. The average molecular weight is 873 g/mol. The number of aliphatic imine (C=N–C) groups is 2. The smallest absolute Gasteiger partial charge is 0.160 e. The summed E-state index contributed by atoms with van der Waals surface area (Å²) in [6.07, 6.45) is 4.93. The van der Waals surface area contributed by atoms with E-state index in [1.54, 1.807) is 0 Å². The van der Waals surface area contributed by atoms with Crippen LogP contribution in [0, 0.1) is 5.92 Å². The summed E-state index contributed by atoms with van der Waals surface area (Å²) >= 11 is 0. The number of amidine groups is 1. The normalized spacial score (nSPS) is 17.2. The van der Waals surface area contributed by atoms with Gasteiger partial charge >= 0.3 is 0 Å². The monoisotopic (exact) mass is 872 g/mol. The molecule has 2 atom stereocenters. The van der Waals surface area contributed by atoms with Crippen LogP contribution in [-0.2, 0) is 6.42 Å². The number of aryl methyl sites for hydroxylation is 1. The molecule has 0 amide bonds. The Balaban J connectivity index is 0.999. The lowest BCUT2D eigenvalue weighted by Crippen LogP contribution is -2.17. The Morgan fingerprint density at radius 3 is 1.88 bits per heavy atom. The van der Waals surface area contributed by atoms with Crippen molar-refractivity contribution in [2.75, 3.05) is 0 Å². The van der Waals surface area contributed by atoms with Crippen LogP contribution in [0.25, 0.3) is 93.0 Å². The molecule has 14 rings (SSSR count). The Hall–Kier alpha value is -8.34. The van der Waals surface area contributed by atoms with E-state index in [4.69, 9.17) is 18.8 Å². The van der Waals surface area contributed by atoms with Gasteiger partial charge in [0.15, 0.2) is 5.84 Å². The van der Waals surface area contributed by atoms with Crippen LogP contribution in [-0.4, -0.2) is 11.5 Å². The number of hydrogen-bond acceptors (Lipinski definition) is 4. The second kappa shape index (κ2) is 15.4. The number of furan rings is 2. The highest BCUT2D eigenvalue weighted by atomic mass is 16.3. The maximum Gasteiger partial charge on any atom is 0.160 e. The number of hydrogen-bond donors (Lipinski definition) is 0. The second-order valence-electron chi connectivity index (χ2n) is 18.8. The lowest BCUT2D eigenvalue weighted by atomic mass is 9.83. The topological polar surface area (TPSA) is 51.0 Å². The van der Waals surface area contributed by atoms with E-state index in [9.17, 15) is 0 Å². The van der Waals surface area contributed by atoms with Gasteiger partial charge in [0, 0.05) is 50.1 Å². The van der Waals surface area contributed by atoms with E-state index in [1.165, 1.54) is 60.1 Å². The van der Waals surface area contributed by atoms with Crippen LogP contribution in [0.2, 0.25) is 0 Å². The largest absolute Gasteiger partial charge is 0.456 e. The van der Waals surface area contributed by atoms with Gasteiger partial charge in [-0.15, -0.1) is 0 Å². The zero-order valence-corrected chi connectivity index (χ0v) is 37.5. The van der Waals surface area contributed by atoms with Gasteiger partial charge in [0.25, 0.3) is 0 Å². The predicted molar refractivity (Wildman–Crippen MR) is 283 cm³/mol. The van der Waals surface area contributed by atoms with Crippen LogP contribution in [0.5, 0.6) is 0 Å². The standard InChI is InChI=1S/C64H44N2O2/c1-38-22-31-57(46-26-28-50-49-18-8-10-20-58(49)67-60(50)37-46)65-64(66-62(38)47-24-23-39-12-2-3-13-40(39)33-47)53-30-29-51(63-61(53)52-19-9-11-21-59(52)68-63)48-27-25-45-32-41-14-4-5-15-42(41)34-54(45)56-36-44-17-7-6-16-43(44)35-55(48)56/h2-21,23-24,26,28-38,48H,22,25,27H2,1H3/b57-31+,65-64?,66-62?. The molecule has 12 aromatic rings. The predicted octanol–water partition coefficient (Wildman–Crippen LogP) is 17.0. The molecule has 0 spiro atoms. The molecule has 0 saturated heterocycles. The molecule has 0 fully saturated rings. The highest BCUT2D eigenvalue weighted by Gasteiger charge is 2.30. The first-order valence-corrected chi connectivity index (χ1v) is 23.9. The first-order chi connectivity index (χ1) is 33.6. The molecule has 0 N–H and O–H groups in total. The molecule has 2 unspecified atom stereocenters. The summed E-state index contributed by atoms with van der Waals surface area (Å²) in [6.45, 7) is 2.29. The summed E-state index contributed by atoms with van der Waals surface area (Å²) < 4.78 is 13.6. The molecule has 1 aliphatic heterocycles. The SMILES string of the molecule is CC1C/C=C(\c2ccc3c(c2)oc2ccccc23)N=C(c2ccc(C3CCc4cc5ccccc5cc4-c4cc5ccccc5cc43)c3oc4ccccc4c23)N=C1c1ccc2ccccc2c1. The molecule has 4 nitrogen and oxygen atoms in total.